The van der Waals surface area contributed by atoms with Crippen LogP contribution in [-0.4, -0.2) is 4.98 Å². The van der Waals surface area contributed by atoms with E-state index in [0.29, 0.717) is 0 Å². The maximum atomic E-state index is 12.3. The molecule has 0 saturated carbocycles. The highest BCUT2D eigenvalue weighted by Crippen LogP contribution is 2.07. The van der Waals surface area contributed by atoms with Gasteiger partial charge in [-0.25, -0.2) is 4.39 Å². The maximum absolute atomic E-state index is 12.3. The summed E-state index contributed by atoms with van der Waals surface area (Å²) in [5, 5.41) is 0. The summed E-state index contributed by atoms with van der Waals surface area (Å²) >= 11 is 0. The van der Waals surface area contributed by atoms with Gasteiger partial charge in [0.25, 0.3) is 0 Å². The van der Waals surface area contributed by atoms with Crippen molar-refractivity contribution in [3.8, 4) is 0 Å². The minimum Gasteiger partial charge on any atom is -0.271 e. The largest absolute Gasteiger partial charge is 0.271 e. The summed E-state index contributed by atoms with van der Waals surface area (Å²) < 4.78 is 12.3. The predicted molar refractivity (Wildman–Crippen MR) is 39.9 cm³/mol. The molecule has 0 saturated heterocycles. The van der Waals surface area contributed by atoms with Crippen molar-refractivity contribution in [1.29, 1.82) is 0 Å². The first-order valence-corrected chi connectivity index (χ1v) is 3.31. The maximum Gasteiger partial charge on any atom is 0.141 e. The van der Waals surface area contributed by atoms with Gasteiger partial charge in [0.1, 0.15) is 5.82 Å². The van der Waals surface area contributed by atoms with Crippen LogP contribution in [0, 0.1) is 5.82 Å². The van der Waals surface area contributed by atoms with Gasteiger partial charge in [-0.15, -0.1) is 0 Å². The molecule has 1 rings (SSSR count). The summed E-state index contributed by atoms with van der Waals surface area (Å²) in [5.74, 6) is 4.82. The fourth-order valence-corrected chi connectivity index (χ4v) is 0.729. The summed E-state index contributed by atoms with van der Waals surface area (Å²) in [7, 11) is 0. The first-order chi connectivity index (χ1) is 5.24. The number of halogens is 1. The average molecular weight is 155 g/mol. The molecule has 1 aromatic heterocycles. The van der Waals surface area contributed by atoms with Gasteiger partial charge in [0, 0.05) is 0 Å². The van der Waals surface area contributed by atoms with Gasteiger partial charge in [-0.2, -0.15) is 0 Å². The van der Waals surface area contributed by atoms with E-state index in [0.717, 1.165) is 5.69 Å². The molecule has 0 fully saturated rings. The Bertz CT molecular complexity index is 222. The molecule has 0 bridgehead atoms. The van der Waals surface area contributed by atoms with E-state index in [-0.39, 0.29) is 11.9 Å². The number of pyridine rings is 1. The number of nitrogens with one attached hydrogen (secondary N) is 1. The van der Waals surface area contributed by atoms with E-state index in [1.165, 1.54) is 12.3 Å². The van der Waals surface area contributed by atoms with Crippen molar-refractivity contribution >= 4 is 0 Å². The van der Waals surface area contributed by atoms with Crippen LogP contribution in [0.1, 0.15) is 18.7 Å². The van der Waals surface area contributed by atoms with Crippen LogP contribution in [-0.2, 0) is 0 Å². The predicted octanol–water partition coefficient (Wildman–Crippen LogP) is 0.745. The Hall–Kier alpha value is -1.00. The van der Waals surface area contributed by atoms with E-state index >= 15 is 0 Å². The Morgan fingerprint density at radius 2 is 2.36 bits per heavy atom. The summed E-state index contributed by atoms with van der Waals surface area (Å²) in [5.41, 5.74) is 3.25. The van der Waals surface area contributed by atoms with Crippen molar-refractivity contribution in [3.05, 3.63) is 29.8 Å². The minimum atomic E-state index is -0.335. The Morgan fingerprint density at radius 1 is 1.64 bits per heavy atom. The first-order valence-electron chi connectivity index (χ1n) is 3.31. The molecule has 3 nitrogen and oxygen atoms in total. The lowest BCUT2D eigenvalue weighted by Crippen LogP contribution is -2.26. The summed E-state index contributed by atoms with van der Waals surface area (Å²) in [6.07, 6.45) is 1.17. The average Bonchev–Trinajstić information content (AvgIpc) is 2.05. The van der Waals surface area contributed by atoms with E-state index < -0.39 is 0 Å². The van der Waals surface area contributed by atoms with Crippen LogP contribution in [0.5, 0.6) is 0 Å². The van der Waals surface area contributed by atoms with Gasteiger partial charge in [-0.05, 0) is 19.1 Å². The van der Waals surface area contributed by atoms with Crippen molar-refractivity contribution in [1.82, 2.24) is 10.4 Å². The van der Waals surface area contributed by atoms with E-state index in [9.17, 15) is 4.39 Å². The normalized spacial score (nSPS) is 13.0. The molecule has 1 unspecified atom stereocenters. The zero-order valence-corrected chi connectivity index (χ0v) is 6.21. The Balaban J connectivity index is 2.81. The molecule has 0 amide bonds. The van der Waals surface area contributed by atoms with Gasteiger partial charge in [-0.1, -0.05) is 0 Å². The third-order valence-electron chi connectivity index (χ3n) is 1.44. The number of nitrogens with zero attached hydrogens (tertiary/aromatic N) is 1. The summed E-state index contributed by atoms with van der Waals surface area (Å²) in [4.78, 5) is 3.83. The standard InChI is InChI=1S/C7H10FN3/c1-5(11-9)7-3-2-6(8)4-10-7/h2-5,11H,9H2,1H3. The van der Waals surface area contributed by atoms with Gasteiger partial charge in [0.05, 0.1) is 17.9 Å². The van der Waals surface area contributed by atoms with Crippen LogP contribution in [0.2, 0.25) is 0 Å². The van der Waals surface area contributed by atoms with Crippen molar-refractivity contribution in [2.75, 3.05) is 0 Å². The lowest BCUT2D eigenvalue weighted by molar-refractivity contribution is 0.575. The third-order valence-corrected chi connectivity index (χ3v) is 1.44. The van der Waals surface area contributed by atoms with Gasteiger partial charge in [0.15, 0.2) is 0 Å². The number of nitrogens with two attached hydrogens (primary N) is 1. The van der Waals surface area contributed by atoms with Crippen LogP contribution in [0.3, 0.4) is 0 Å². The molecule has 0 radical (unpaired) electrons. The van der Waals surface area contributed by atoms with Crippen LogP contribution in [0.25, 0.3) is 0 Å². The fraction of sp³-hybridized carbons (Fsp3) is 0.286. The highest BCUT2D eigenvalue weighted by molar-refractivity contribution is 5.08. The molecule has 0 aliphatic carbocycles. The molecule has 1 atom stereocenters. The van der Waals surface area contributed by atoms with Crippen molar-refractivity contribution in [2.24, 2.45) is 5.84 Å². The lowest BCUT2D eigenvalue weighted by Gasteiger charge is -2.07. The molecule has 11 heavy (non-hydrogen) atoms. The van der Waals surface area contributed by atoms with E-state index in [2.05, 4.69) is 10.4 Å². The van der Waals surface area contributed by atoms with Crippen LogP contribution < -0.4 is 11.3 Å². The molecule has 3 N–H and O–H groups in total. The van der Waals surface area contributed by atoms with E-state index in [1.807, 2.05) is 6.92 Å². The molecule has 0 spiro atoms. The molecule has 0 aliphatic heterocycles. The minimum absolute atomic E-state index is 0.0457. The number of hydrogen-bond acceptors (Lipinski definition) is 3. The first kappa shape index (κ1) is 8.10. The number of aromatic nitrogens is 1. The Kier molecular flexibility index (Phi) is 2.51. The van der Waals surface area contributed by atoms with Crippen LogP contribution >= 0.6 is 0 Å². The topological polar surface area (TPSA) is 50.9 Å². The Labute approximate surface area is 64.4 Å². The lowest BCUT2D eigenvalue weighted by atomic mass is 10.2. The van der Waals surface area contributed by atoms with E-state index in [4.69, 9.17) is 5.84 Å². The smallest absolute Gasteiger partial charge is 0.141 e. The van der Waals surface area contributed by atoms with Crippen LogP contribution in [0.15, 0.2) is 18.3 Å². The fourth-order valence-electron chi connectivity index (χ4n) is 0.729. The molecular weight excluding hydrogens is 145 g/mol. The summed E-state index contributed by atoms with van der Waals surface area (Å²) in [6, 6.07) is 2.91. The molecule has 60 valence electrons. The summed E-state index contributed by atoms with van der Waals surface area (Å²) in [6.45, 7) is 1.85. The number of rotatable bonds is 2. The number of hydrogen-bond donors (Lipinski definition) is 2. The van der Waals surface area contributed by atoms with Gasteiger partial charge in [-0.3, -0.25) is 16.3 Å². The third kappa shape index (κ3) is 1.96. The van der Waals surface area contributed by atoms with Gasteiger partial charge < -0.3 is 0 Å². The monoisotopic (exact) mass is 155 g/mol. The van der Waals surface area contributed by atoms with Gasteiger partial charge in [0.2, 0.25) is 0 Å². The zero-order chi connectivity index (χ0) is 8.27. The van der Waals surface area contributed by atoms with Gasteiger partial charge >= 0.3 is 0 Å². The molecule has 0 aliphatic rings. The molecule has 1 aromatic rings. The zero-order valence-electron chi connectivity index (χ0n) is 6.21. The van der Waals surface area contributed by atoms with E-state index in [1.54, 1.807) is 6.07 Å². The quantitative estimate of drug-likeness (QED) is 0.489. The number of hydrazine groups is 1. The molecular formula is C7H10FN3. The molecule has 0 aromatic carbocycles. The SMILES string of the molecule is CC(NN)c1ccc(F)cn1. The second-order valence-corrected chi connectivity index (χ2v) is 2.29. The van der Waals surface area contributed by atoms with Crippen molar-refractivity contribution < 1.29 is 4.39 Å². The highest BCUT2D eigenvalue weighted by atomic mass is 19.1. The van der Waals surface area contributed by atoms with Crippen molar-refractivity contribution in [2.45, 2.75) is 13.0 Å². The second kappa shape index (κ2) is 3.41. The molecule has 4 heteroatoms. The second-order valence-electron chi connectivity index (χ2n) is 2.29. The van der Waals surface area contributed by atoms with Crippen LogP contribution in [0.4, 0.5) is 4.39 Å². The Morgan fingerprint density at radius 3 is 2.82 bits per heavy atom. The molecule has 1 heterocycles. The van der Waals surface area contributed by atoms with Crippen molar-refractivity contribution in [3.63, 3.8) is 0 Å². The highest BCUT2D eigenvalue weighted by Gasteiger charge is 2.02.